The van der Waals surface area contributed by atoms with Gasteiger partial charge in [0.2, 0.25) is 0 Å². The van der Waals surface area contributed by atoms with E-state index in [-0.39, 0.29) is 0 Å². The predicted molar refractivity (Wildman–Crippen MR) is 14.5 cm³/mol. The van der Waals surface area contributed by atoms with Crippen LogP contribution < -0.4 is 0 Å². The fourth-order valence-electron chi connectivity index (χ4n) is 0. The lowest BCUT2D eigenvalue weighted by molar-refractivity contribution is -0.148. The molecule has 0 amide bonds. The second-order valence-electron chi connectivity index (χ2n) is 0.258. The molecule has 4 heavy (non-hydrogen) atoms. The summed E-state index contributed by atoms with van der Waals surface area (Å²) in [5, 5.41) is 7.19. The van der Waals surface area contributed by atoms with Crippen LogP contribution in [0.15, 0.2) is 0 Å². The molecule has 0 bridgehead atoms. The van der Waals surface area contributed by atoms with Crippen molar-refractivity contribution < 1.29 is 14.6 Å². The maximum atomic E-state index is 7.54. The van der Waals surface area contributed by atoms with Gasteiger partial charge in [0.1, 0.15) is 0 Å². The summed E-state index contributed by atoms with van der Waals surface area (Å²) in [6, 6.07) is 0. The largest absolute Gasteiger partial charge is 0.414 e. The van der Waals surface area contributed by atoms with Gasteiger partial charge in [0.05, 0.1) is 0 Å². The van der Waals surface area contributed by atoms with Crippen LogP contribution in [-0.4, -0.2) is 20.1 Å². The third-order valence-corrected chi connectivity index (χ3v) is 0.173. The second kappa shape index (κ2) is 3.10. The zero-order valence-corrected chi connectivity index (χ0v) is 3.42. The Kier molecular flexibility index (Phi) is 3.17. The molecule has 0 aliphatic carbocycles. The third kappa shape index (κ3) is 2.10. The van der Waals surface area contributed by atoms with Crippen LogP contribution in [0.5, 0.6) is 0 Å². The van der Waals surface area contributed by atoms with Crippen LogP contribution in [0, 0.1) is 0 Å². The molecule has 0 saturated heterocycles. The summed E-state index contributed by atoms with van der Waals surface area (Å²) in [5.74, 6) is 0. The van der Waals surface area contributed by atoms with E-state index < -0.39 is 10.0 Å². The Bertz CT molecular complexity index is 5.25. The molecule has 0 atom stereocenters. The van der Waals surface area contributed by atoms with Gasteiger partial charge in [-0.15, -0.1) is 0 Å². The van der Waals surface area contributed by atoms with Crippen molar-refractivity contribution in [1.82, 2.24) is 0 Å². The van der Waals surface area contributed by atoms with Gasteiger partial charge < -0.3 is 4.80 Å². The third-order valence-electron chi connectivity index (χ3n) is 0.0577. The minimum Gasteiger partial charge on any atom is -0.414 e. The molecule has 4 heteroatoms. The molecule has 0 heterocycles. The molecule has 0 aromatic rings. The van der Waals surface area contributed by atoms with Gasteiger partial charge in [-0.3, -0.25) is 9.83 Å². The Hall–Kier alpha value is 0.0969. The van der Waals surface area contributed by atoms with E-state index >= 15 is 0 Å². The van der Waals surface area contributed by atoms with Gasteiger partial charge in [0, 0.05) is 0 Å². The molecule has 0 unspecified atom stereocenters. The van der Waals surface area contributed by atoms with Crippen molar-refractivity contribution in [1.29, 1.82) is 0 Å². The van der Waals surface area contributed by atoms with Crippen LogP contribution in [0.25, 0.3) is 0 Å². The minimum absolute atomic E-state index is 1.52. The Morgan fingerprint density at radius 3 is 2.00 bits per heavy atom. The quantitative estimate of drug-likeness (QED) is 0.228. The minimum atomic E-state index is -1.52. The molecular formula is H4O3Si. The smallest absolute Gasteiger partial charge is 0.341 e. The van der Waals surface area contributed by atoms with Crippen molar-refractivity contribution in [3.8, 4) is 0 Å². The van der Waals surface area contributed by atoms with Crippen molar-refractivity contribution in [2.24, 2.45) is 0 Å². The summed E-state index contributed by atoms with van der Waals surface area (Å²) in [6.45, 7) is 0. The molecule has 0 saturated carbocycles. The number of hydrogen-bond acceptors (Lipinski definition) is 3. The van der Waals surface area contributed by atoms with Gasteiger partial charge in [0.25, 0.3) is 0 Å². The van der Waals surface area contributed by atoms with Gasteiger partial charge in [-0.2, -0.15) is 0 Å². The maximum absolute atomic E-state index is 7.54. The summed E-state index contributed by atoms with van der Waals surface area (Å²) in [7, 11) is -1.52. The lowest BCUT2D eigenvalue weighted by Crippen LogP contribution is -1.87. The van der Waals surface area contributed by atoms with Crippen LogP contribution >= 0.6 is 0 Å². The number of rotatable bonds is 1. The lowest BCUT2D eigenvalue weighted by Gasteiger charge is -1.72. The van der Waals surface area contributed by atoms with Crippen LogP contribution in [0.4, 0.5) is 0 Å². The second-order valence-corrected chi connectivity index (χ2v) is 0.775. The summed E-state index contributed by atoms with van der Waals surface area (Å²) >= 11 is 0. The zero-order chi connectivity index (χ0) is 3.41. The fraction of sp³-hybridized carbons (Fsp3) is 0. The van der Waals surface area contributed by atoms with Crippen molar-refractivity contribution in [2.75, 3.05) is 0 Å². The van der Waals surface area contributed by atoms with Crippen LogP contribution in [-0.2, 0) is 4.58 Å². The van der Waals surface area contributed by atoms with E-state index in [0.29, 0.717) is 0 Å². The lowest BCUT2D eigenvalue weighted by atomic mass is 15.0. The zero-order valence-electron chi connectivity index (χ0n) is 2.01. The van der Waals surface area contributed by atoms with E-state index in [1.165, 1.54) is 0 Å². The Morgan fingerprint density at radius 2 is 2.00 bits per heavy atom. The van der Waals surface area contributed by atoms with Gasteiger partial charge in [-0.1, -0.05) is 0 Å². The molecular weight excluding hydrogens is 76.1 g/mol. The van der Waals surface area contributed by atoms with Crippen molar-refractivity contribution in [2.45, 2.75) is 0 Å². The first-order chi connectivity index (χ1) is 1.91. The van der Waals surface area contributed by atoms with E-state index in [2.05, 4.69) is 4.58 Å². The highest BCUT2D eigenvalue weighted by atomic mass is 28.2. The van der Waals surface area contributed by atoms with Gasteiger partial charge in [0.15, 0.2) is 0 Å². The average molecular weight is 80.1 g/mol. The van der Waals surface area contributed by atoms with Crippen LogP contribution in [0.2, 0.25) is 0 Å². The molecule has 0 aromatic heterocycles. The van der Waals surface area contributed by atoms with E-state index in [1.807, 2.05) is 0 Å². The Labute approximate surface area is 25.8 Å². The molecule has 0 aromatic carbocycles. The Morgan fingerprint density at radius 1 is 1.75 bits per heavy atom. The van der Waals surface area contributed by atoms with Gasteiger partial charge >= 0.3 is 10.0 Å². The molecule has 2 N–H and O–H groups in total. The summed E-state index contributed by atoms with van der Waals surface area (Å²) in [5.41, 5.74) is 0. The summed E-state index contributed by atoms with van der Waals surface area (Å²) in [4.78, 5) is 7.54. The van der Waals surface area contributed by atoms with Crippen molar-refractivity contribution in [3.63, 3.8) is 0 Å². The highest BCUT2D eigenvalue weighted by Gasteiger charge is 1.60. The highest BCUT2D eigenvalue weighted by Crippen LogP contribution is 1.39. The molecule has 0 aliphatic rings. The first kappa shape index (κ1) is 4.10. The topological polar surface area (TPSA) is 49.7 Å². The summed E-state index contributed by atoms with van der Waals surface area (Å²) in [6.07, 6.45) is 0. The SMILES string of the molecule is OO[SiH2]O. The Balaban J connectivity index is 1.97. The molecule has 0 aliphatic heterocycles. The standard InChI is InChI=1S/H4O3Si/c1-3-4-2/h1-2H,4H2. The van der Waals surface area contributed by atoms with E-state index in [0.717, 1.165) is 0 Å². The predicted octanol–water partition coefficient (Wildman–Crippen LogP) is -1.53. The highest BCUT2D eigenvalue weighted by molar-refractivity contribution is 6.15. The monoisotopic (exact) mass is 80.0 g/mol. The molecule has 0 spiro atoms. The number of hydrogen-bond donors (Lipinski definition) is 2. The van der Waals surface area contributed by atoms with Crippen LogP contribution in [0.3, 0.4) is 0 Å². The normalized spacial score (nSPS) is 10.5. The molecule has 26 valence electrons. The van der Waals surface area contributed by atoms with Crippen molar-refractivity contribution in [3.05, 3.63) is 0 Å². The van der Waals surface area contributed by atoms with Gasteiger partial charge in [-0.05, 0) is 0 Å². The van der Waals surface area contributed by atoms with Crippen molar-refractivity contribution >= 4 is 10.0 Å². The van der Waals surface area contributed by atoms with Gasteiger partial charge in [-0.25, -0.2) is 0 Å². The molecule has 0 rings (SSSR count). The first-order valence-electron chi connectivity index (χ1n) is 0.787. The first-order valence-corrected chi connectivity index (χ1v) is 2.00. The maximum Gasteiger partial charge on any atom is 0.341 e. The van der Waals surface area contributed by atoms with Crippen LogP contribution in [0.1, 0.15) is 0 Å². The molecule has 0 fully saturated rings. The van der Waals surface area contributed by atoms with E-state index in [1.54, 1.807) is 0 Å². The van der Waals surface area contributed by atoms with E-state index in [9.17, 15) is 0 Å². The molecule has 0 radical (unpaired) electrons. The average Bonchev–Trinajstić information content (AvgIpc) is 1.37. The van der Waals surface area contributed by atoms with E-state index in [4.69, 9.17) is 10.1 Å². The fourth-order valence-corrected chi connectivity index (χ4v) is 0. The summed E-state index contributed by atoms with van der Waals surface area (Å²) < 4.78 is 3.24. The molecule has 3 nitrogen and oxygen atoms in total.